The standard InChI is InChI=1S/C26H23ClFN5O2S/c1-2-14-36-22-9-4-3-8-21(22)31-24-18(25(35)32-23-19(27)6-5-7-20(23)28)15-29-26(33-24)30-16-10-12-17(34)13-11-16/h3-13,15,34H,2,14H2,1H3,(H,32,35)(H2,29,30,31,33). The first kappa shape index (κ1) is 25.3. The van der Waals surface area contributed by atoms with Gasteiger partial charge in [-0.15, -0.1) is 11.8 Å². The molecule has 4 N–H and O–H groups in total. The SMILES string of the molecule is CCCSc1ccccc1Nc1nc(Nc2ccc(O)cc2)ncc1C(=O)Nc1c(F)cccc1Cl. The highest BCUT2D eigenvalue weighted by Crippen LogP contribution is 2.32. The molecule has 0 aliphatic carbocycles. The third-order valence-corrected chi connectivity index (χ3v) is 6.55. The minimum atomic E-state index is -0.654. The smallest absolute Gasteiger partial charge is 0.261 e. The maximum absolute atomic E-state index is 14.3. The zero-order valence-electron chi connectivity index (χ0n) is 19.3. The number of halogens is 2. The zero-order valence-corrected chi connectivity index (χ0v) is 20.8. The highest BCUT2D eigenvalue weighted by molar-refractivity contribution is 7.99. The number of aromatic nitrogens is 2. The van der Waals surface area contributed by atoms with Crippen molar-refractivity contribution >= 4 is 58.1 Å². The van der Waals surface area contributed by atoms with Gasteiger partial charge >= 0.3 is 0 Å². The number of amides is 1. The Morgan fingerprint density at radius 2 is 1.83 bits per heavy atom. The molecule has 4 rings (SSSR count). The van der Waals surface area contributed by atoms with Gasteiger partial charge in [0.15, 0.2) is 0 Å². The molecule has 1 amide bonds. The van der Waals surface area contributed by atoms with Gasteiger partial charge in [0, 0.05) is 16.8 Å². The third-order valence-electron chi connectivity index (χ3n) is 4.96. The molecule has 0 saturated heterocycles. The lowest BCUT2D eigenvalue weighted by atomic mass is 10.2. The molecule has 7 nitrogen and oxygen atoms in total. The molecule has 0 saturated carbocycles. The molecule has 184 valence electrons. The molecule has 10 heteroatoms. The summed E-state index contributed by atoms with van der Waals surface area (Å²) in [6, 6.07) is 18.3. The van der Waals surface area contributed by atoms with Crippen LogP contribution in [0.2, 0.25) is 5.02 Å². The van der Waals surface area contributed by atoms with E-state index in [-0.39, 0.29) is 33.8 Å². The Morgan fingerprint density at radius 3 is 2.58 bits per heavy atom. The van der Waals surface area contributed by atoms with Crippen LogP contribution in [0.1, 0.15) is 23.7 Å². The van der Waals surface area contributed by atoms with Crippen molar-refractivity contribution in [2.45, 2.75) is 18.2 Å². The van der Waals surface area contributed by atoms with Gasteiger partial charge in [-0.3, -0.25) is 4.79 Å². The number of para-hydroxylation sites is 2. The fraction of sp³-hybridized carbons (Fsp3) is 0.115. The van der Waals surface area contributed by atoms with Crippen molar-refractivity contribution in [2.24, 2.45) is 0 Å². The molecule has 0 atom stereocenters. The van der Waals surface area contributed by atoms with Crippen molar-refractivity contribution in [3.63, 3.8) is 0 Å². The summed E-state index contributed by atoms with van der Waals surface area (Å²) in [7, 11) is 0. The van der Waals surface area contributed by atoms with Crippen LogP contribution in [0.4, 0.5) is 33.2 Å². The van der Waals surface area contributed by atoms with E-state index >= 15 is 0 Å². The third kappa shape index (κ3) is 6.24. The maximum atomic E-state index is 14.3. The number of phenols is 1. The van der Waals surface area contributed by atoms with E-state index in [0.29, 0.717) is 5.69 Å². The molecule has 1 aromatic heterocycles. The molecule has 0 fully saturated rings. The summed E-state index contributed by atoms with van der Waals surface area (Å²) in [6.07, 6.45) is 2.36. The molecular weight excluding hydrogens is 501 g/mol. The van der Waals surface area contributed by atoms with Crippen LogP contribution in [-0.2, 0) is 0 Å². The molecular formula is C26H23ClFN5O2S. The van der Waals surface area contributed by atoms with Crippen LogP contribution >= 0.6 is 23.4 Å². The van der Waals surface area contributed by atoms with E-state index in [0.717, 1.165) is 22.8 Å². The maximum Gasteiger partial charge on any atom is 0.261 e. The Balaban J connectivity index is 1.69. The average Bonchev–Trinajstić information content (AvgIpc) is 2.87. The van der Waals surface area contributed by atoms with Gasteiger partial charge in [0.1, 0.15) is 22.9 Å². The second-order valence-electron chi connectivity index (χ2n) is 7.65. The first-order valence-electron chi connectivity index (χ1n) is 11.1. The van der Waals surface area contributed by atoms with Crippen molar-refractivity contribution in [1.82, 2.24) is 9.97 Å². The van der Waals surface area contributed by atoms with Crippen molar-refractivity contribution < 1.29 is 14.3 Å². The lowest BCUT2D eigenvalue weighted by molar-refractivity contribution is 0.102. The topological polar surface area (TPSA) is 99.2 Å². The van der Waals surface area contributed by atoms with Crippen LogP contribution in [0.5, 0.6) is 5.75 Å². The Morgan fingerprint density at radius 1 is 1.06 bits per heavy atom. The predicted molar refractivity (Wildman–Crippen MR) is 144 cm³/mol. The van der Waals surface area contributed by atoms with Gasteiger partial charge in [0.05, 0.1) is 16.4 Å². The number of anilines is 5. The van der Waals surface area contributed by atoms with Crippen LogP contribution in [0.25, 0.3) is 0 Å². The average molecular weight is 524 g/mol. The zero-order chi connectivity index (χ0) is 25.5. The molecule has 0 spiro atoms. The number of thioether (sulfide) groups is 1. The molecule has 0 aliphatic rings. The number of phenolic OH excluding ortho intramolecular Hbond substituents is 1. The van der Waals surface area contributed by atoms with Gasteiger partial charge in [0.2, 0.25) is 5.95 Å². The van der Waals surface area contributed by atoms with Crippen LogP contribution in [0.3, 0.4) is 0 Å². The molecule has 1 heterocycles. The van der Waals surface area contributed by atoms with E-state index in [1.54, 1.807) is 23.9 Å². The summed E-state index contributed by atoms with van der Waals surface area (Å²) in [4.78, 5) is 23.0. The van der Waals surface area contributed by atoms with Crippen LogP contribution < -0.4 is 16.0 Å². The lowest BCUT2D eigenvalue weighted by Crippen LogP contribution is -2.17. The predicted octanol–water partition coefficient (Wildman–Crippen LogP) is 7.22. The van der Waals surface area contributed by atoms with Crippen molar-refractivity contribution in [3.8, 4) is 5.75 Å². The summed E-state index contributed by atoms with van der Waals surface area (Å²) < 4.78 is 14.3. The van der Waals surface area contributed by atoms with Gasteiger partial charge in [-0.05, 0) is 60.7 Å². The van der Waals surface area contributed by atoms with Crippen molar-refractivity contribution in [1.29, 1.82) is 0 Å². The number of nitrogens with zero attached hydrogens (tertiary/aromatic N) is 2. The number of hydrogen-bond acceptors (Lipinski definition) is 7. The fourth-order valence-electron chi connectivity index (χ4n) is 3.21. The van der Waals surface area contributed by atoms with Crippen LogP contribution in [0, 0.1) is 5.82 Å². The summed E-state index contributed by atoms with van der Waals surface area (Å²) in [5.74, 6) is 0.222. The number of nitrogens with one attached hydrogen (secondary N) is 3. The fourth-order valence-corrected chi connectivity index (χ4v) is 4.29. The van der Waals surface area contributed by atoms with Gasteiger partial charge in [0.25, 0.3) is 5.91 Å². The second kappa shape index (κ2) is 11.7. The Bertz CT molecular complexity index is 1350. The van der Waals surface area contributed by atoms with Gasteiger partial charge in [-0.1, -0.05) is 36.7 Å². The summed E-state index contributed by atoms with van der Waals surface area (Å²) in [5.41, 5.74) is 1.39. The monoisotopic (exact) mass is 523 g/mol. The Labute approximate surface area is 217 Å². The second-order valence-corrected chi connectivity index (χ2v) is 9.19. The molecule has 36 heavy (non-hydrogen) atoms. The number of rotatable bonds is 9. The molecule has 0 unspecified atom stereocenters. The van der Waals surface area contributed by atoms with Crippen LogP contribution in [0.15, 0.2) is 77.8 Å². The van der Waals surface area contributed by atoms with E-state index in [4.69, 9.17) is 11.6 Å². The van der Waals surface area contributed by atoms with Crippen LogP contribution in [-0.4, -0.2) is 26.7 Å². The molecule has 0 radical (unpaired) electrons. The minimum absolute atomic E-state index is 0.0747. The summed E-state index contributed by atoms with van der Waals surface area (Å²) in [5, 5.41) is 18.4. The first-order chi connectivity index (χ1) is 17.4. The van der Waals surface area contributed by atoms with E-state index < -0.39 is 11.7 Å². The largest absolute Gasteiger partial charge is 0.508 e. The number of carbonyl (C=O) groups is 1. The molecule has 3 aromatic carbocycles. The normalized spacial score (nSPS) is 10.6. The van der Waals surface area contributed by atoms with Crippen molar-refractivity contribution in [3.05, 3.63) is 89.3 Å². The molecule has 0 aliphatic heterocycles. The highest BCUT2D eigenvalue weighted by atomic mass is 35.5. The highest BCUT2D eigenvalue weighted by Gasteiger charge is 2.19. The molecule has 0 bridgehead atoms. The first-order valence-corrected chi connectivity index (χ1v) is 12.5. The van der Waals surface area contributed by atoms with Crippen molar-refractivity contribution in [2.75, 3.05) is 21.7 Å². The van der Waals surface area contributed by atoms with E-state index in [1.165, 1.54) is 36.5 Å². The van der Waals surface area contributed by atoms with Gasteiger partial charge in [-0.2, -0.15) is 4.98 Å². The van der Waals surface area contributed by atoms with E-state index in [9.17, 15) is 14.3 Å². The summed E-state index contributed by atoms with van der Waals surface area (Å²) >= 11 is 7.78. The lowest BCUT2D eigenvalue weighted by Gasteiger charge is -2.16. The van der Waals surface area contributed by atoms with E-state index in [1.807, 2.05) is 24.3 Å². The minimum Gasteiger partial charge on any atom is -0.508 e. The van der Waals surface area contributed by atoms with E-state index in [2.05, 4.69) is 32.8 Å². The number of aromatic hydroxyl groups is 1. The Hall–Kier alpha value is -3.82. The number of benzene rings is 3. The summed E-state index contributed by atoms with van der Waals surface area (Å²) in [6.45, 7) is 2.10. The quantitative estimate of drug-likeness (QED) is 0.136. The van der Waals surface area contributed by atoms with Gasteiger partial charge < -0.3 is 21.1 Å². The number of carbonyl (C=O) groups excluding carboxylic acids is 1. The number of hydrogen-bond donors (Lipinski definition) is 4. The van der Waals surface area contributed by atoms with Gasteiger partial charge in [-0.25, -0.2) is 9.37 Å². The Kier molecular flexibility index (Phi) is 8.24. The molecule has 4 aromatic rings.